The molecule has 1 rings (SSSR count). The van der Waals surface area contributed by atoms with Crippen LogP contribution in [-0.4, -0.2) is 18.0 Å². The minimum atomic E-state index is -0.228. The minimum Gasteiger partial charge on any atom is -0.370 e. The van der Waals surface area contributed by atoms with Gasteiger partial charge in [0.25, 0.3) is 0 Å². The smallest absolute Gasteiger partial charge is 0.218 e. The summed E-state index contributed by atoms with van der Waals surface area (Å²) in [6.45, 7) is 5.76. The molecular formula is C12H22N2O. The maximum Gasteiger partial charge on any atom is 0.218 e. The molecule has 1 fully saturated rings. The van der Waals surface area contributed by atoms with Gasteiger partial charge in [0.2, 0.25) is 5.91 Å². The predicted octanol–water partition coefficient (Wildman–Crippen LogP) is 1.58. The molecule has 1 aliphatic carbocycles. The molecule has 2 atom stereocenters. The van der Waals surface area contributed by atoms with E-state index in [-0.39, 0.29) is 11.9 Å². The lowest BCUT2D eigenvalue weighted by molar-refractivity contribution is -0.118. The summed E-state index contributed by atoms with van der Waals surface area (Å²) in [6.07, 6.45) is 7.18. The van der Waals surface area contributed by atoms with Gasteiger partial charge in [0, 0.05) is 18.5 Å². The normalized spacial score (nSPS) is 19.5. The number of hydrogen-bond acceptors (Lipinski definition) is 2. The molecule has 1 saturated carbocycles. The highest BCUT2D eigenvalue weighted by Crippen LogP contribution is 2.34. The first-order valence-corrected chi connectivity index (χ1v) is 5.78. The third kappa shape index (κ3) is 4.98. The first kappa shape index (κ1) is 12.2. The molecule has 0 radical (unpaired) electrons. The summed E-state index contributed by atoms with van der Waals surface area (Å²) < 4.78 is 0. The van der Waals surface area contributed by atoms with E-state index in [0.29, 0.717) is 12.5 Å². The zero-order valence-electron chi connectivity index (χ0n) is 9.54. The average Bonchev–Trinajstić information content (AvgIpc) is 2.93. The van der Waals surface area contributed by atoms with Crippen LogP contribution in [0.4, 0.5) is 0 Å². The van der Waals surface area contributed by atoms with Gasteiger partial charge in [-0.25, -0.2) is 0 Å². The number of primary amides is 1. The number of carbonyl (C=O) groups is 1. The fourth-order valence-electron chi connectivity index (χ4n) is 1.98. The van der Waals surface area contributed by atoms with E-state index in [9.17, 15) is 4.79 Å². The average molecular weight is 210 g/mol. The van der Waals surface area contributed by atoms with Gasteiger partial charge in [-0.05, 0) is 38.5 Å². The van der Waals surface area contributed by atoms with E-state index in [2.05, 4.69) is 11.9 Å². The molecule has 15 heavy (non-hydrogen) atoms. The summed E-state index contributed by atoms with van der Waals surface area (Å²) in [7, 11) is 0. The van der Waals surface area contributed by atoms with Crippen molar-refractivity contribution in [3.05, 3.63) is 12.7 Å². The van der Waals surface area contributed by atoms with Crippen molar-refractivity contribution < 1.29 is 4.79 Å². The standard InChI is InChI=1S/C12H22N2O/c1-3-4-5-11(10-6-7-10)14-9(2)8-12(13)15/h3,9-11,14H,1,4-8H2,2H3,(H2,13,15). The quantitative estimate of drug-likeness (QED) is 0.598. The molecule has 3 N–H and O–H groups in total. The van der Waals surface area contributed by atoms with Crippen molar-refractivity contribution in [3.8, 4) is 0 Å². The van der Waals surface area contributed by atoms with Crippen molar-refractivity contribution in [2.45, 2.75) is 51.1 Å². The Bertz CT molecular complexity index is 224. The second-order valence-electron chi connectivity index (χ2n) is 4.55. The Hall–Kier alpha value is -0.830. The van der Waals surface area contributed by atoms with E-state index in [4.69, 9.17) is 5.73 Å². The van der Waals surface area contributed by atoms with Gasteiger partial charge in [0.1, 0.15) is 0 Å². The molecule has 86 valence electrons. The maximum absolute atomic E-state index is 10.8. The lowest BCUT2D eigenvalue weighted by Gasteiger charge is -2.22. The number of nitrogens with two attached hydrogens (primary N) is 1. The minimum absolute atomic E-state index is 0.193. The summed E-state index contributed by atoms with van der Waals surface area (Å²) in [4.78, 5) is 10.8. The highest BCUT2D eigenvalue weighted by Gasteiger charge is 2.31. The molecule has 0 aromatic heterocycles. The van der Waals surface area contributed by atoms with Gasteiger partial charge < -0.3 is 11.1 Å². The van der Waals surface area contributed by atoms with Crippen molar-refractivity contribution in [1.82, 2.24) is 5.32 Å². The topological polar surface area (TPSA) is 55.1 Å². The van der Waals surface area contributed by atoms with Crippen LogP contribution >= 0.6 is 0 Å². The molecule has 0 heterocycles. The molecule has 3 nitrogen and oxygen atoms in total. The summed E-state index contributed by atoms with van der Waals surface area (Å²) in [5, 5.41) is 3.50. The summed E-state index contributed by atoms with van der Waals surface area (Å²) >= 11 is 0. The van der Waals surface area contributed by atoms with Crippen molar-refractivity contribution >= 4 is 5.91 Å². The Kier molecular flexibility index (Phi) is 4.82. The molecule has 0 aromatic carbocycles. The van der Waals surface area contributed by atoms with Gasteiger partial charge in [0.05, 0.1) is 0 Å². The Morgan fingerprint density at radius 2 is 2.33 bits per heavy atom. The van der Waals surface area contributed by atoms with Crippen LogP contribution in [0.2, 0.25) is 0 Å². The second-order valence-corrected chi connectivity index (χ2v) is 4.55. The zero-order chi connectivity index (χ0) is 11.3. The number of rotatable bonds is 8. The summed E-state index contributed by atoms with van der Waals surface area (Å²) in [5.74, 6) is 0.577. The van der Waals surface area contributed by atoms with E-state index in [1.54, 1.807) is 0 Å². The molecule has 0 aromatic rings. The van der Waals surface area contributed by atoms with Crippen LogP contribution in [0.5, 0.6) is 0 Å². The monoisotopic (exact) mass is 210 g/mol. The maximum atomic E-state index is 10.8. The first-order valence-electron chi connectivity index (χ1n) is 5.78. The van der Waals surface area contributed by atoms with Crippen molar-refractivity contribution in [3.63, 3.8) is 0 Å². The fourth-order valence-corrected chi connectivity index (χ4v) is 1.98. The molecule has 0 spiro atoms. The van der Waals surface area contributed by atoms with Crippen molar-refractivity contribution in [2.75, 3.05) is 0 Å². The molecule has 1 aliphatic rings. The van der Waals surface area contributed by atoms with Gasteiger partial charge in [-0.3, -0.25) is 4.79 Å². The number of hydrogen-bond donors (Lipinski definition) is 2. The first-order chi connectivity index (χ1) is 7.13. The third-order valence-corrected chi connectivity index (χ3v) is 2.88. The molecule has 1 amide bonds. The number of carbonyl (C=O) groups excluding carboxylic acids is 1. The van der Waals surface area contributed by atoms with Crippen molar-refractivity contribution in [2.24, 2.45) is 11.7 Å². The lowest BCUT2D eigenvalue weighted by atomic mass is 10.0. The van der Waals surface area contributed by atoms with Gasteiger partial charge in [-0.15, -0.1) is 6.58 Å². The zero-order valence-corrected chi connectivity index (χ0v) is 9.54. The fraction of sp³-hybridized carbons (Fsp3) is 0.750. The van der Waals surface area contributed by atoms with E-state index >= 15 is 0 Å². The van der Waals surface area contributed by atoms with E-state index in [0.717, 1.165) is 18.8 Å². The Labute approximate surface area is 92.1 Å². The lowest BCUT2D eigenvalue weighted by Crippen LogP contribution is -2.40. The van der Waals surface area contributed by atoms with Gasteiger partial charge in [0.15, 0.2) is 0 Å². The van der Waals surface area contributed by atoms with Gasteiger partial charge in [-0.2, -0.15) is 0 Å². The number of amides is 1. The highest BCUT2D eigenvalue weighted by molar-refractivity contribution is 5.74. The third-order valence-electron chi connectivity index (χ3n) is 2.88. The molecule has 0 bridgehead atoms. The van der Waals surface area contributed by atoms with Gasteiger partial charge in [-0.1, -0.05) is 6.08 Å². The SMILES string of the molecule is C=CCCC(NC(C)CC(N)=O)C1CC1. The number of nitrogens with one attached hydrogen (secondary N) is 1. The van der Waals surface area contributed by atoms with E-state index < -0.39 is 0 Å². The molecule has 0 aliphatic heterocycles. The predicted molar refractivity (Wildman–Crippen MR) is 62.4 cm³/mol. The van der Waals surface area contributed by atoms with Crippen LogP contribution in [0.15, 0.2) is 12.7 Å². The Morgan fingerprint density at radius 3 is 2.80 bits per heavy atom. The van der Waals surface area contributed by atoms with Crippen LogP contribution in [0.25, 0.3) is 0 Å². The van der Waals surface area contributed by atoms with Crippen LogP contribution in [0.1, 0.15) is 39.0 Å². The van der Waals surface area contributed by atoms with E-state index in [1.165, 1.54) is 12.8 Å². The molecule has 0 saturated heterocycles. The highest BCUT2D eigenvalue weighted by atomic mass is 16.1. The summed E-state index contributed by atoms with van der Waals surface area (Å²) in [5.41, 5.74) is 5.17. The molecule has 3 heteroatoms. The van der Waals surface area contributed by atoms with Crippen molar-refractivity contribution in [1.29, 1.82) is 0 Å². The summed E-state index contributed by atoms with van der Waals surface area (Å²) in [6, 6.07) is 0.732. The number of allylic oxidation sites excluding steroid dienone is 1. The Morgan fingerprint density at radius 1 is 1.67 bits per heavy atom. The van der Waals surface area contributed by atoms with Gasteiger partial charge >= 0.3 is 0 Å². The largest absolute Gasteiger partial charge is 0.370 e. The molecular weight excluding hydrogens is 188 g/mol. The van der Waals surface area contributed by atoms with Crippen LogP contribution in [0, 0.1) is 5.92 Å². The van der Waals surface area contributed by atoms with E-state index in [1.807, 2.05) is 13.0 Å². The second kappa shape index (κ2) is 5.91. The van der Waals surface area contributed by atoms with Crippen LogP contribution < -0.4 is 11.1 Å². The molecule has 2 unspecified atom stereocenters. The van der Waals surface area contributed by atoms with Crippen LogP contribution in [0.3, 0.4) is 0 Å². The Balaban J connectivity index is 2.29. The van der Waals surface area contributed by atoms with Crippen LogP contribution in [-0.2, 0) is 4.79 Å².